The zero-order valence-corrected chi connectivity index (χ0v) is 11.9. The number of aryl methyl sites for hydroxylation is 3. The zero-order chi connectivity index (χ0) is 12.3. The van der Waals surface area contributed by atoms with Gasteiger partial charge in [0.1, 0.15) is 0 Å². The first-order valence-electron chi connectivity index (χ1n) is 5.95. The van der Waals surface area contributed by atoms with Crippen LogP contribution in [0.4, 0.5) is 5.69 Å². The van der Waals surface area contributed by atoms with E-state index in [2.05, 4.69) is 28.5 Å². The smallest absolute Gasteiger partial charge is 0.0729 e. The molecule has 0 aliphatic carbocycles. The predicted octanol–water partition coefficient (Wildman–Crippen LogP) is 2.37. The molecule has 0 amide bonds. The van der Waals surface area contributed by atoms with E-state index in [1.165, 1.54) is 5.69 Å². The fourth-order valence-electron chi connectivity index (χ4n) is 1.83. The highest BCUT2D eigenvalue weighted by atomic mass is 35.5. The van der Waals surface area contributed by atoms with Crippen LogP contribution in [0.2, 0.25) is 0 Å². The first kappa shape index (κ1) is 14.6. The van der Waals surface area contributed by atoms with E-state index in [-0.39, 0.29) is 12.4 Å². The Bertz CT molecular complexity index is 488. The summed E-state index contributed by atoms with van der Waals surface area (Å²) in [6.45, 7) is 5.89. The third-order valence-electron chi connectivity index (χ3n) is 2.66. The Kier molecular flexibility index (Phi) is 5.22. The SMILES string of the molecule is CCCn1cc(NCc2cc(C)nn2C)cn1.Cl. The van der Waals surface area contributed by atoms with E-state index in [1.54, 1.807) is 0 Å². The largest absolute Gasteiger partial charge is 0.377 e. The molecule has 2 rings (SSSR count). The molecular weight excluding hydrogens is 250 g/mol. The fourth-order valence-corrected chi connectivity index (χ4v) is 1.83. The second kappa shape index (κ2) is 6.44. The van der Waals surface area contributed by atoms with Crippen LogP contribution in [0, 0.1) is 6.92 Å². The summed E-state index contributed by atoms with van der Waals surface area (Å²) in [5.41, 5.74) is 3.27. The number of nitrogens with zero attached hydrogens (tertiary/aromatic N) is 4. The van der Waals surface area contributed by atoms with Crippen LogP contribution >= 0.6 is 12.4 Å². The van der Waals surface area contributed by atoms with Gasteiger partial charge in [-0.2, -0.15) is 10.2 Å². The lowest BCUT2D eigenvalue weighted by Gasteiger charge is -2.03. The molecule has 0 spiro atoms. The van der Waals surface area contributed by atoms with Gasteiger partial charge in [-0.3, -0.25) is 9.36 Å². The summed E-state index contributed by atoms with van der Waals surface area (Å²) in [5.74, 6) is 0. The Hall–Kier alpha value is -1.49. The second-order valence-electron chi connectivity index (χ2n) is 4.25. The van der Waals surface area contributed by atoms with E-state index in [1.807, 2.05) is 35.7 Å². The van der Waals surface area contributed by atoms with E-state index in [9.17, 15) is 0 Å². The highest BCUT2D eigenvalue weighted by Gasteiger charge is 2.02. The second-order valence-corrected chi connectivity index (χ2v) is 4.25. The van der Waals surface area contributed by atoms with Crippen molar-refractivity contribution in [3.05, 3.63) is 29.8 Å². The monoisotopic (exact) mass is 269 g/mol. The van der Waals surface area contributed by atoms with E-state index in [4.69, 9.17) is 0 Å². The Labute approximate surface area is 114 Å². The average molecular weight is 270 g/mol. The standard InChI is InChI=1S/C12H19N5.ClH/c1-4-5-17-9-11(7-14-17)13-8-12-6-10(2)15-16(12)3;/h6-7,9,13H,4-5,8H2,1-3H3;1H. The fraction of sp³-hybridized carbons (Fsp3) is 0.500. The summed E-state index contributed by atoms with van der Waals surface area (Å²) >= 11 is 0. The zero-order valence-electron chi connectivity index (χ0n) is 11.1. The van der Waals surface area contributed by atoms with Gasteiger partial charge in [-0.05, 0) is 19.4 Å². The van der Waals surface area contributed by atoms with Crippen LogP contribution in [-0.2, 0) is 20.1 Å². The molecular formula is C12H20ClN5. The maximum absolute atomic E-state index is 4.31. The molecule has 0 unspecified atom stereocenters. The maximum Gasteiger partial charge on any atom is 0.0729 e. The summed E-state index contributed by atoms with van der Waals surface area (Å²) in [7, 11) is 1.96. The van der Waals surface area contributed by atoms with Crippen LogP contribution in [0.3, 0.4) is 0 Å². The van der Waals surface area contributed by atoms with Gasteiger partial charge in [0.05, 0.1) is 29.8 Å². The Morgan fingerprint density at radius 2 is 2.17 bits per heavy atom. The molecule has 0 aliphatic heterocycles. The number of aromatic nitrogens is 4. The van der Waals surface area contributed by atoms with Gasteiger partial charge in [-0.15, -0.1) is 12.4 Å². The van der Waals surface area contributed by atoms with E-state index in [0.717, 1.165) is 30.9 Å². The van der Waals surface area contributed by atoms with Crippen molar-refractivity contribution in [1.29, 1.82) is 0 Å². The minimum Gasteiger partial charge on any atom is -0.377 e. The number of hydrogen-bond donors (Lipinski definition) is 1. The minimum atomic E-state index is 0. The highest BCUT2D eigenvalue weighted by Crippen LogP contribution is 2.09. The number of rotatable bonds is 5. The van der Waals surface area contributed by atoms with Crippen molar-refractivity contribution < 1.29 is 0 Å². The molecule has 0 aliphatic rings. The molecule has 0 atom stereocenters. The Morgan fingerprint density at radius 1 is 1.39 bits per heavy atom. The summed E-state index contributed by atoms with van der Waals surface area (Å²) in [5, 5.41) is 11.9. The predicted molar refractivity (Wildman–Crippen MR) is 75.0 cm³/mol. The van der Waals surface area contributed by atoms with Crippen molar-refractivity contribution in [1.82, 2.24) is 19.6 Å². The quantitative estimate of drug-likeness (QED) is 0.907. The molecule has 2 aromatic rings. The molecule has 0 saturated heterocycles. The molecule has 100 valence electrons. The van der Waals surface area contributed by atoms with Gasteiger partial charge in [-0.25, -0.2) is 0 Å². The molecule has 5 nitrogen and oxygen atoms in total. The summed E-state index contributed by atoms with van der Waals surface area (Å²) in [6.07, 6.45) is 4.99. The molecule has 0 bridgehead atoms. The summed E-state index contributed by atoms with van der Waals surface area (Å²) in [4.78, 5) is 0. The third-order valence-corrected chi connectivity index (χ3v) is 2.66. The maximum atomic E-state index is 4.31. The Balaban J connectivity index is 0.00000162. The van der Waals surface area contributed by atoms with Gasteiger partial charge in [0.2, 0.25) is 0 Å². The van der Waals surface area contributed by atoms with E-state index >= 15 is 0 Å². The lowest BCUT2D eigenvalue weighted by molar-refractivity contribution is 0.603. The molecule has 2 aromatic heterocycles. The molecule has 0 aromatic carbocycles. The van der Waals surface area contributed by atoms with Gasteiger partial charge in [-0.1, -0.05) is 6.92 Å². The first-order chi connectivity index (χ1) is 8.19. The van der Waals surface area contributed by atoms with Crippen molar-refractivity contribution in [2.24, 2.45) is 7.05 Å². The van der Waals surface area contributed by atoms with E-state index < -0.39 is 0 Å². The summed E-state index contributed by atoms with van der Waals surface area (Å²) < 4.78 is 3.86. The topological polar surface area (TPSA) is 47.7 Å². The van der Waals surface area contributed by atoms with Crippen LogP contribution in [0.15, 0.2) is 18.5 Å². The van der Waals surface area contributed by atoms with Crippen molar-refractivity contribution in [2.45, 2.75) is 33.4 Å². The number of nitrogens with one attached hydrogen (secondary N) is 1. The van der Waals surface area contributed by atoms with Crippen LogP contribution < -0.4 is 5.32 Å². The van der Waals surface area contributed by atoms with E-state index in [0.29, 0.717) is 0 Å². The van der Waals surface area contributed by atoms with Crippen LogP contribution in [0.25, 0.3) is 0 Å². The average Bonchev–Trinajstić information content (AvgIpc) is 2.83. The van der Waals surface area contributed by atoms with Crippen molar-refractivity contribution in [3.8, 4) is 0 Å². The van der Waals surface area contributed by atoms with Gasteiger partial charge in [0.25, 0.3) is 0 Å². The third kappa shape index (κ3) is 3.50. The number of anilines is 1. The van der Waals surface area contributed by atoms with Crippen molar-refractivity contribution >= 4 is 18.1 Å². The van der Waals surface area contributed by atoms with Gasteiger partial charge in [0, 0.05) is 19.8 Å². The molecule has 0 radical (unpaired) electrons. The van der Waals surface area contributed by atoms with Gasteiger partial charge >= 0.3 is 0 Å². The molecule has 6 heteroatoms. The Morgan fingerprint density at radius 3 is 2.78 bits per heavy atom. The molecule has 0 fully saturated rings. The van der Waals surface area contributed by atoms with Crippen molar-refractivity contribution in [3.63, 3.8) is 0 Å². The summed E-state index contributed by atoms with van der Waals surface area (Å²) in [6, 6.07) is 2.09. The van der Waals surface area contributed by atoms with Crippen LogP contribution in [0.5, 0.6) is 0 Å². The van der Waals surface area contributed by atoms with Crippen LogP contribution in [0.1, 0.15) is 24.7 Å². The lowest BCUT2D eigenvalue weighted by Crippen LogP contribution is -2.04. The number of halogens is 1. The molecule has 0 saturated carbocycles. The molecule has 2 heterocycles. The van der Waals surface area contributed by atoms with Crippen LogP contribution in [-0.4, -0.2) is 19.6 Å². The molecule has 1 N–H and O–H groups in total. The highest BCUT2D eigenvalue weighted by molar-refractivity contribution is 5.85. The van der Waals surface area contributed by atoms with Crippen molar-refractivity contribution in [2.75, 3.05) is 5.32 Å². The first-order valence-corrected chi connectivity index (χ1v) is 5.95. The molecule has 18 heavy (non-hydrogen) atoms. The normalized spacial score (nSPS) is 10.2. The van der Waals surface area contributed by atoms with Gasteiger partial charge in [0.15, 0.2) is 0 Å². The van der Waals surface area contributed by atoms with Gasteiger partial charge < -0.3 is 5.32 Å². The minimum absolute atomic E-state index is 0. The number of hydrogen-bond acceptors (Lipinski definition) is 3. The lowest BCUT2D eigenvalue weighted by atomic mass is 10.3.